The normalized spacial score (nSPS) is 12.5. The Labute approximate surface area is 79.5 Å². The molecule has 0 N–H and O–H groups in total. The summed E-state index contributed by atoms with van der Waals surface area (Å²) in [6, 6.07) is 9.74. The number of hydrogen-bond acceptors (Lipinski definition) is 2. The number of methoxy groups -OCH3 is 1. The van der Waals surface area contributed by atoms with Crippen LogP contribution in [0.3, 0.4) is 0 Å². The lowest BCUT2D eigenvalue weighted by molar-refractivity contribution is 0.114. The predicted octanol–water partition coefficient (Wildman–Crippen LogP) is 2.30. The van der Waals surface area contributed by atoms with E-state index in [1.807, 2.05) is 30.3 Å². The van der Waals surface area contributed by atoms with Gasteiger partial charge >= 0.3 is 0 Å². The Morgan fingerprint density at radius 1 is 1.31 bits per heavy atom. The lowest BCUT2D eigenvalue weighted by Gasteiger charge is -2.09. The quantitative estimate of drug-likeness (QED) is 0.690. The van der Waals surface area contributed by atoms with Crippen LogP contribution in [0.15, 0.2) is 30.3 Å². The van der Waals surface area contributed by atoms with Crippen LogP contribution < -0.4 is 4.74 Å². The molecule has 0 saturated carbocycles. The SMILES string of the molecule is [CH2]C(CCOc1ccccc1)OC. The average Bonchev–Trinajstić information content (AvgIpc) is 2.19. The summed E-state index contributed by atoms with van der Waals surface area (Å²) in [7, 11) is 1.65. The molecule has 0 heterocycles. The smallest absolute Gasteiger partial charge is 0.119 e. The molecular weight excluding hydrogens is 164 g/mol. The Morgan fingerprint density at radius 3 is 2.62 bits per heavy atom. The van der Waals surface area contributed by atoms with E-state index >= 15 is 0 Å². The van der Waals surface area contributed by atoms with Crippen LogP contribution in [0.5, 0.6) is 5.75 Å². The van der Waals surface area contributed by atoms with Crippen molar-refractivity contribution in [3.05, 3.63) is 37.3 Å². The largest absolute Gasteiger partial charge is 0.493 e. The van der Waals surface area contributed by atoms with Gasteiger partial charge in [-0.05, 0) is 19.1 Å². The Balaban J connectivity index is 2.20. The van der Waals surface area contributed by atoms with E-state index in [2.05, 4.69) is 6.92 Å². The number of hydrogen-bond donors (Lipinski definition) is 0. The second-order valence-electron chi connectivity index (χ2n) is 2.81. The fraction of sp³-hybridized carbons (Fsp3) is 0.364. The molecule has 1 aromatic carbocycles. The highest BCUT2D eigenvalue weighted by atomic mass is 16.5. The monoisotopic (exact) mass is 179 g/mol. The molecule has 1 radical (unpaired) electrons. The second kappa shape index (κ2) is 5.60. The molecule has 71 valence electrons. The molecule has 1 rings (SSSR count). The van der Waals surface area contributed by atoms with Gasteiger partial charge in [-0.3, -0.25) is 0 Å². The zero-order valence-corrected chi connectivity index (χ0v) is 7.90. The second-order valence-corrected chi connectivity index (χ2v) is 2.81. The average molecular weight is 179 g/mol. The van der Waals surface area contributed by atoms with Crippen molar-refractivity contribution >= 4 is 0 Å². The van der Waals surface area contributed by atoms with Crippen molar-refractivity contribution in [1.82, 2.24) is 0 Å². The minimum atomic E-state index is 0.0173. The molecule has 0 saturated heterocycles. The van der Waals surface area contributed by atoms with Gasteiger partial charge < -0.3 is 9.47 Å². The Kier molecular flexibility index (Phi) is 4.33. The molecule has 2 nitrogen and oxygen atoms in total. The highest BCUT2D eigenvalue weighted by Gasteiger charge is 1.99. The van der Waals surface area contributed by atoms with Gasteiger partial charge in [0.25, 0.3) is 0 Å². The minimum absolute atomic E-state index is 0.0173. The van der Waals surface area contributed by atoms with Gasteiger partial charge in [-0.1, -0.05) is 18.2 Å². The van der Waals surface area contributed by atoms with Gasteiger partial charge in [-0.2, -0.15) is 0 Å². The summed E-state index contributed by atoms with van der Waals surface area (Å²) >= 11 is 0. The van der Waals surface area contributed by atoms with E-state index in [0.717, 1.165) is 12.2 Å². The van der Waals surface area contributed by atoms with Crippen LogP contribution in [0.25, 0.3) is 0 Å². The lowest BCUT2D eigenvalue weighted by Crippen LogP contribution is -2.10. The maximum Gasteiger partial charge on any atom is 0.119 e. The van der Waals surface area contributed by atoms with E-state index in [4.69, 9.17) is 9.47 Å². The Morgan fingerprint density at radius 2 is 2.00 bits per heavy atom. The van der Waals surface area contributed by atoms with Crippen molar-refractivity contribution in [1.29, 1.82) is 0 Å². The molecule has 0 aromatic heterocycles. The van der Waals surface area contributed by atoms with E-state index in [1.54, 1.807) is 7.11 Å². The van der Waals surface area contributed by atoms with E-state index in [1.165, 1.54) is 0 Å². The summed E-state index contributed by atoms with van der Waals surface area (Å²) in [6.07, 6.45) is 0.828. The molecule has 0 spiro atoms. The molecule has 0 aliphatic heterocycles. The van der Waals surface area contributed by atoms with Crippen LogP contribution >= 0.6 is 0 Å². The van der Waals surface area contributed by atoms with Crippen LogP contribution in [0.4, 0.5) is 0 Å². The van der Waals surface area contributed by atoms with Crippen LogP contribution in [0.2, 0.25) is 0 Å². The molecule has 13 heavy (non-hydrogen) atoms. The molecule has 1 atom stereocenters. The van der Waals surface area contributed by atoms with Crippen LogP contribution in [0.1, 0.15) is 6.42 Å². The maximum atomic E-state index is 5.46. The van der Waals surface area contributed by atoms with E-state index < -0.39 is 0 Å². The van der Waals surface area contributed by atoms with Crippen molar-refractivity contribution in [2.75, 3.05) is 13.7 Å². The fourth-order valence-corrected chi connectivity index (χ4v) is 0.943. The lowest BCUT2D eigenvalue weighted by atomic mass is 10.3. The molecule has 2 heteroatoms. The third-order valence-corrected chi connectivity index (χ3v) is 1.79. The standard InChI is InChI=1S/C11H15O2/c1-10(12-2)8-9-13-11-6-4-3-5-7-11/h3-7,10H,1,8-9H2,2H3. The summed E-state index contributed by atoms with van der Waals surface area (Å²) in [4.78, 5) is 0. The molecule has 0 fully saturated rings. The van der Waals surface area contributed by atoms with E-state index in [0.29, 0.717) is 6.61 Å². The topological polar surface area (TPSA) is 18.5 Å². The van der Waals surface area contributed by atoms with Gasteiger partial charge in [0.2, 0.25) is 0 Å². The number of ether oxygens (including phenoxy) is 2. The number of para-hydroxylation sites is 1. The molecule has 0 amide bonds. The van der Waals surface area contributed by atoms with Crippen LogP contribution in [0, 0.1) is 6.92 Å². The summed E-state index contributed by atoms with van der Waals surface area (Å²) in [6.45, 7) is 4.43. The first-order valence-corrected chi connectivity index (χ1v) is 4.36. The molecule has 1 unspecified atom stereocenters. The first-order chi connectivity index (χ1) is 6.33. The summed E-state index contributed by atoms with van der Waals surface area (Å²) in [5, 5.41) is 0. The van der Waals surface area contributed by atoms with Crippen molar-refractivity contribution in [2.45, 2.75) is 12.5 Å². The van der Waals surface area contributed by atoms with Gasteiger partial charge in [-0.15, -0.1) is 0 Å². The van der Waals surface area contributed by atoms with Gasteiger partial charge in [-0.25, -0.2) is 0 Å². The third kappa shape index (κ3) is 3.95. The van der Waals surface area contributed by atoms with Crippen LogP contribution in [-0.2, 0) is 4.74 Å². The fourth-order valence-electron chi connectivity index (χ4n) is 0.943. The van der Waals surface area contributed by atoms with Gasteiger partial charge in [0.15, 0.2) is 0 Å². The zero-order chi connectivity index (χ0) is 9.52. The number of benzene rings is 1. The molecular formula is C11H15O2. The molecule has 0 bridgehead atoms. The molecule has 1 aromatic rings. The van der Waals surface area contributed by atoms with E-state index in [9.17, 15) is 0 Å². The highest BCUT2D eigenvalue weighted by Crippen LogP contribution is 2.09. The van der Waals surface area contributed by atoms with Crippen LogP contribution in [-0.4, -0.2) is 19.8 Å². The number of rotatable bonds is 5. The summed E-state index contributed by atoms with van der Waals surface area (Å²) in [5.74, 6) is 0.894. The summed E-state index contributed by atoms with van der Waals surface area (Å²) < 4.78 is 10.5. The van der Waals surface area contributed by atoms with Crippen molar-refractivity contribution in [3.63, 3.8) is 0 Å². The van der Waals surface area contributed by atoms with Crippen molar-refractivity contribution in [2.24, 2.45) is 0 Å². The van der Waals surface area contributed by atoms with Gasteiger partial charge in [0.05, 0.1) is 12.7 Å². The van der Waals surface area contributed by atoms with Crippen molar-refractivity contribution in [3.8, 4) is 5.75 Å². The first-order valence-electron chi connectivity index (χ1n) is 4.36. The molecule has 0 aliphatic carbocycles. The third-order valence-electron chi connectivity index (χ3n) is 1.79. The van der Waals surface area contributed by atoms with Gasteiger partial charge in [0.1, 0.15) is 5.75 Å². The highest BCUT2D eigenvalue weighted by molar-refractivity contribution is 5.20. The minimum Gasteiger partial charge on any atom is -0.493 e. The Hall–Kier alpha value is -1.02. The molecule has 0 aliphatic rings. The zero-order valence-electron chi connectivity index (χ0n) is 7.90. The van der Waals surface area contributed by atoms with Crippen molar-refractivity contribution < 1.29 is 9.47 Å². The predicted molar refractivity (Wildman–Crippen MR) is 52.7 cm³/mol. The first kappa shape index (κ1) is 10.1. The summed E-state index contributed by atoms with van der Waals surface area (Å²) in [5.41, 5.74) is 0. The Bertz CT molecular complexity index is 221. The van der Waals surface area contributed by atoms with E-state index in [-0.39, 0.29) is 6.10 Å². The maximum absolute atomic E-state index is 5.46. The van der Waals surface area contributed by atoms with Gasteiger partial charge in [0, 0.05) is 13.5 Å².